The summed E-state index contributed by atoms with van der Waals surface area (Å²) in [7, 11) is 0. The number of carbonyl (C=O) groups is 3. The van der Waals surface area contributed by atoms with E-state index in [0.717, 1.165) is 0 Å². The van der Waals surface area contributed by atoms with Crippen LogP contribution in [0.5, 0.6) is 0 Å². The number of carboxylic acid groups (broad SMARTS) is 1. The van der Waals surface area contributed by atoms with Gasteiger partial charge in [0, 0.05) is 26.1 Å². The molecule has 2 saturated heterocycles. The van der Waals surface area contributed by atoms with Gasteiger partial charge >= 0.3 is 5.97 Å². The summed E-state index contributed by atoms with van der Waals surface area (Å²) in [5.74, 6) is -2.81. The highest BCUT2D eigenvalue weighted by Gasteiger charge is 2.41. The number of amides is 2. The lowest BCUT2D eigenvalue weighted by Gasteiger charge is -2.24. The minimum atomic E-state index is -0.974. The molecule has 3 rings (SSSR count). The summed E-state index contributed by atoms with van der Waals surface area (Å²) in [4.78, 5) is 38.4. The summed E-state index contributed by atoms with van der Waals surface area (Å²) < 4.78 is 13.7. The van der Waals surface area contributed by atoms with E-state index in [1.807, 2.05) is 0 Å². The van der Waals surface area contributed by atoms with Crippen LogP contribution in [0.1, 0.15) is 23.2 Å². The summed E-state index contributed by atoms with van der Waals surface area (Å²) in [6.07, 6.45) is 0.589. The maximum atomic E-state index is 13.7. The number of hydrogen-bond donors (Lipinski definition) is 1. The monoisotopic (exact) mass is 320 g/mol. The summed E-state index contributed by atoms with van der Waals surface area (Å²) in [6.45, 7) is 0.922. The molecule has 1 aromatic rings. The van der Waals surface area contributed by atoms with Gasteiger partial charge in [0.15, 0.2) is 0 Å². The number of carboxylic acids is 1. The van der Waals surface area contributed by atoms with E-state index in [-0.39, 0.29) is 30.5 Å². The van der Waals surface area contributed by atoms with Crippen LogP contribution in [0.25, 0.3) is 0 Å². The Morgan fingerprint density at radius 1 is 1.22 bits per heavy atom. The number of halogens is 1. The Hall–Kier alpha value is -2.44. The van der Waals surface area contributed by atoms with Gasteiger partial charge in [0.05, 0.1) is 17.5 Å². The molecular weight excluding hydrogens is 303 g/mol. The molecule has 0 radical (unpaired) electrons. The van der Waals surface area contributed by atoms with Crippen LogP contribution in [0.15, 0.2) is 24.3 Å². The average Bonchev–Trinajstić information content (AvgIpc) is 3.13. The van der Waals surface area contributed by atoms with Crippen LogP contribution >= 0.6 is 0 Å². The lowest BCUT2D eigenvalue weighted by molar-refractivity contribution is -0.141. The third kappa shape index (κ3) is 2.91. The van der Waals surface area contributed by atoms with E-state index in [4.69, 9.17) is 5.11 Å². The summed E-state index contributed by atoms with van der Waals surface area (Å²) in [6, 6.07) is 5.61. The second-order valence-corrected chi connectivity index (χ2v) is 5.96. The van der Waals surface area contributed by atoms with Crippen molar-refractivity contribution in [1.82, 2.24) is 9.80 Å². The smallest absolute Gasteiger partial charge is 0.308 e. The van der Waals surface area contributed by atoms with Crippen molar-refractivity contribution in [2.24, 2.45) is 5.92 Å². The van der Waals surface area contributed by atoms with Crippen molar-refractivity contribution in [2.45, 2.75) is 18.9 Å². The lowest BCUT2D eigenvalue weighted by Crippen LogP contribution is -2.40. The number of likely N-dealkylation sites (tertiary alicyclic amines) is 2. The van der Waals surface area contributed by atoms with Crippen LogP contribution in [0.4, 0.5) is 4.39 Å². The van der Waals surface area contributed by atoms with Gasteiger partial charge < -0.3 is 14.9 Å². The van der Waals surface area contributed by atoms with Crippen molar-refractivity contribution in [1.29, 1.82) is 0 Å². The Morgan fingerprint density at radius 2 is 1.96 bits per heavy atom. The second kappa shape index (κ2) is 5.98. The molecule has 0 bridgehead atoms. The molecule has 2 aliphatic heterocycles. The molecule has 0 spiro atoms. The van der Waals surface area contributed by atoms with Gasteiger partial charge in [-0.3, -0.25) is 14.4 Å². The highest BCUT2D eigenvalue weighted by molar-refractivity contribution is 5.94. The second-order valence-electron chi connectivity index (χ2n) is 5.96. The minimum Gasteiger partial charge on any atom is -0.481 e. The molecule has 23 heavy (non-hydrogen) atoms. The van der Waals surface area contributed by atoms with Crippen molar-refractivity contribution in [3.63, 3.8) is 0 Å². The molecule has 1 N–H and O–H groups in total. The fourth-order valence-electron chi connectivity index (χ4n) is 3.24. The average molecular weight is 320 g/mol. The third-order valence-corrected chi connectivity index (χ3v) is 4.50. The van der Waals surface area contributed by atoms with Gasteiger partial charge in [-0.1, -0.05) is 12.1 Å². The van der Waals surface area contributed by atoms with Crippen LogP contribution in [0.2, 0.25) is 0 Å². The van der Waals surface area contributed by atoms with Gasteiger partial charge in [-0.2, -0.15) is 0 Å². The molecule has 2 unspecified atom stereocenters. The van der Waals surface area contributed by atoms with Gasteiger partial charge in [-0.05, 0) is 18.6 Å². The van der Waals surface area contributed by atoms with Gasteiger partial charge in [0.1, 0.15) is 5.82 Å². The van der Waals surface area contributed by atoms with E-state index in [9.17, 15) is 18.8 Å². The molecule has 2 aliphatic rings. The number of rotatable bonds is 3. The third-order valence-electron chi connectivity index (χ3n) is 4.50. The first kappa shape index (κ1) is 15.5. The molecule has 7 heteroatoms. The van der Waals surface area contributed by atoms with Crippen molar-refractivity contribution < 1.29 is 23.9 Å². The predicted molar refractivity (Wildman–Crippen MR) is 78.2 cm³/mol. The van der Waals surface area contributed by atoms with Crippen LogP contribution in [-0.2, 0) is 9.59 Å². The minimum absolute atomic E-state index is 0.00704. The van der Waals surface area contributed by atoms with Gasteiger partial charge in [0.25, 0.3) is 5.91 Å². The normalized spacial score (nSPS) is 24.3. The Kier molecular flexibility index (Phi) is 4.02. The Morgan fingerprint density at radius 3 is 2.61 bits per heavy atom. The fourth-order valence-corrected chi connectivity index (χ4v) is 3.24. The Balaban J connectivity index is 1.67. The summed E-state index contributed by atoms with van der Waals surface area (Å²) in [5.41, 5.74) is 0.0179. The van der Waals surface area contributed by atoms with E-state index in [2.05, 4.69) is 0 Å². The number of aliphatic carboxylic acids is 1. The first-order chi connectivity index (χ1) is 11.0. The summed E-state index contributed by atoms with van der Waals surface area (Å²) in [5, 5.41) is 9.03. The number of benzene rings is 1. The highest BCUT2D eigenvalue weighted by atomic mass is 19.1. The molecule has 0 saturated carbocycles. The maximum Gasteiger partial charge on any atom is 0.308 e. The molecule has 2 atom stereocenters. The molecule has 2 amide bonds. The van der Waals surface area contributed by atoms with Gasteiger partial charge in [-0.25, -0.2) is 4.39 Å². The number of carbonyl (C=O) groups excluding carboxylic acids is 2. The molecule has 6 nitrogen and oxygen atoms in total. The topological polar surface area (TPSA) is 77.9 Å². The molecule has 0 aliphatic carbocycles. The summed E-state index contributed by atoms with van der Waals surface area (Å²) >= 11 is 0. The van der Waals surface area contributed by atoms with Crippen molar-refractivity contribution >= 4 is 17.8 Å². The van der Waals surface area contributed by atoms with Crippen LogP contribution in [-0.4, -0.2) is 58.4 Å². The number of hydrogen-bond acceptors (Lipinski definition) is 3. The predicted octanol–water partition coefficient (Wildman–Crippen LogP) is 0.973. The quantitative estimate of drug-likeness (QED) is 0.900. The van der Waals surface area contributed by atoms with Crippen molar-refractivity contribution in [2.75, 3.05) is 19.6 Å². The zero-order valence-electron chi connectivity index (χ0n) is 12.4. The van der Waals surface area contributed by atoms with Gasteiger partial charge in [0.2, 0.25) is 5.91 Å². The van der Waals surface area contributed by atoms with Crippen LogP contribution in [0, 0.1) is 11.7 Å². The van der Waals surface area contributed by atoms with Gasteiger partial charge in [-0.15, -0.1) is 0 Å². The SMILES string of the molecule is O=C(O)C1CC(=O)N(C2CCN(C(=O)c3ccccc3F)C2)C1. The zero-order valence-corrected chi connectivity index (χ0v) is 12.4. The Labute approximate surface area is 132 Å². The van der Waals surface area contributed by atoms with Crippen LogP contribution < -0.4 is 0 Å². The van der Waals surface area contributed by atoms with E-state index in [1.54, 1.807) is 11.0 Å². The number of nitrogens with zero attached hydrogens (tertiary/aromatic N) is 2. The molecule has 0 aromatic heterocycles. The maximum absolute atomic E-state index is 13.7. The molecular formula is C16H17FN2O4. The van der Waals surface area contributed by atoms with Crippen molar-refractivity contribution in [3.05, 3.63) is 35.6 Å². The molecule has 1 aromatic carbocycles. The van der Waals surface area contributed by atoms with E-state index < -0.39 is 23.6 Å². The molecule has 2 fully saturated rings. The first-order valence-electron chi connectivity index (χ1n) is 7.53. The van der Waals surface area contributed by atoms with E-state index in [1.165, 1.54) is 23.1 Å². The van der Waals surface area contributed by atoms with Crippen molar-refractivity contribution in [3.8, 4) is 0 Å². The first-order valence-corrected chi connectivity index (χ1v) is 7.53. The molecule has 2 heterocycles. The molecule has 122 valence electrons. The Bertz CT molecular complexity index is 663. The fraction of sp³-hybridized carbons (Fsp3) is 0.438. The lowest BCUT2D eigenvalue weighted by atomic mass is 10.1. The van der Waals surface area contributed by atoms with E-state index >= 15 is 0 Å². The van der Waals surface area contributed by atoms with Crippen LogP contribution in [0.3, 0.4) is 0 Å². The largest absolute Gasteiger partial charge is 0.481 e. The standard InChI is InChI=1S/C16H17FN2O4/c17-13-4-2-1-3-12(13)15(21)18-6-5-11(9-18)19-8-10(16(22)23)7-14(19)20/h1-4,10-11H,5-9H2,(H,22,23). The van der Waals surface area contributed by atoms with E-state index in [0.29, 0.717) is 19.5 Å². The zero-order chi connectivity index (χ0) is 16.6. The highest BCUT2D eigenvalue weighted by Crippen LogP contribution is 2.26.